The van der Waals surface area contributed by atoms with Crippen LogP contribution in [-0.4, -0.2) is 120 Å². The van der Waals surface area contributed by atoms with Crippen molar-refractivity contribution >= 4 is 40.9 Å². The number of benzene rings is 1. The number of amides is 5. The molecule has 0 saturated carbocycles. The topological polar surface area (TPSA) is 249 Å². The van der Waals surface area contributed by atoms with E-state index < -0.39 is 84.8 Å². The number of carbonyl (C=O) groups excluding carboxylic acids is 5. The van der Waals surface area contributed by atoms with Gasteiger partial charge in [0.25, 0.3) is 0 Å². The molecule has 5 amide bonds. The number of aryl methyl sites for hydroxylation is 1. The maximum Gasteiger partial charge on any atom is 0.246 e. The molecule has 6 atom stereocenters. The van der Waals surface area contributed by atoms with Crippen LogP contribution in [-0.2, 0) is 28.7 Å². The lowest BCUT2D eigenvalue weighted by molar-refractivity contribution is -0.145. The lowest BCUT2D eigenvalue weighted by atomic mass is 9.85. The van der Waals surface area contributed by atoms with Crippen LogP contribution in [0, 0.1) is 12.3 Å². The van der Waals surface area contributed by atoms with Crippen LogP contribution in [0.5, 0.6) is 0 Å². The summed E-state index contributed by atoms with van der Waals surface area (Å²) in [5.41, 5.74) is 8.93. The van der Waals surface area contributed by atoms with Gasteiger partial charge in [-0.05, 0) is 23.5 Å². The number of thiazole rings is 1. The number of nitrogens with two attached hydrogens (primary N) is 1. The number of hydrogen-bond acceptors (Lipinski definition) is 13. The van der Waals surface area contributed by atoms with Crippen molar-refractivity contribution in [1.29, 1.82) is 0 Å². The minimum absolute atomic E-state index is 0.00957. The van der Waals surface area contributed by atoms with Crippen molar-refractivity contribution in [2.45, 2.75) is 70.9 Å². The number of nitrogens with zero attached hydrogens (tertiary/aromatic N) is 2. The van der Waals surface area contributed by atoms with Gasteiger partial charge in [-0.2, -0.15) is 0 Å². The fourth-order valence-corrected chi connectivity index (χ4v) is 6.42. The van der Waals surface area contributed by atoms with Crippen molar-refractivity contribution in [3.8, 4) is 10.4 Å². The lowest BCUT2D eigenvalue weighted by Gasteiger charge is -2.35. The van der Waals surface area contributed by atoms with Gasteiger partial charge in [-0.25, -0.2) is 4.98 Å². The van der Waals surface area contributed by atoms with Crippen molar-refractivity contribution in [2.75, 3.05) is 39.4 Å². The SMILES string of the molecule is Cc1ncsc1-c1ccc([C@@H]2NC(=O)[C@@H]3C[C@@H](O)CN3C(=O)[C@H](C(C)(C)C)NC(=O)COCCNC(=O)[C@@H](CN)NC(=O)CNC(O)N2)cc1. The number of nitrogens with one attached hydrogen (secondary N) is 6. The Morgan fingerprint density at radius 1 is 1.02 bits per heavy atom. The minimum atomic E-state index is -1.54. The van der Waals surface area contributed by atoms with Crippen LogP contribution in [0.25, 0.3) is 10.4 Å². The monoisotopic (exact) mass is 717 g/mol. The third-order valence-electron chi connectivity index (χ3n) is 8.27. The molecule has 1 aromatic heterocycles. The van der Waals surface area contributed by atoms with Gasteiger partial charge in [0.2, 0.25) is 29.5 Å². The van der Waals surface area contributed by atoms with E-state index in [4.69, 9.17) is 10.5 Å². The number of carbonyl (C=O) groups is 5. The molecule has 2 aliphatic heterocycles. The molecular weight excluding hydrogens is 670 g/mol. The number of fused-ring (bicyclic) bond motifs is 1. The number of hydrogen-bond donors (Lipinski definition) is 9. The maximum absolute atomic E-state index is 14.0. The Balaban J connectivity index is 1.63. The summed E-state index contributed by atoms with van der Waals surface area (Å²) in [5.74, 6) is -3.00. The first-order chi connectivity index (χ1) is 23.7. The fourth-order valence-electron chi connectivity index (χ4n) is 5.61. The summed E-state index contributed by atoms with van der Waals surface area (Å²) in [5, 5.41) is 37.6. The normalized spacial score (nSPS) is 27.3. The highest BCUT2D eigenvalue weighted by Crippen LogP contribution is 2.29. The molecule has 0 spiro atoms. The Bertz CT molecular complexity index is 1520. The second-order valence-electron chi connectivity index (χ2n) is 13.2. The first kappa shape index (κ1) is 38.8. The quantitative estimate of drug-likeness (QED) is 0.164. The maximum atomic E-state index is 14.0. The van der Waals surface area contributed by atoms with Gasteiger partial charge in [0.15, 0.2) is 6.35 Å². The standard InChI is InChI=1S/C32H47N9O8S/c1-17-25(50-16-36-17)18-5-7-19(8-6-18)27-39-29(46)22-11-20(42)14-41(22)30(47)26(32(2,3)4)38-24(44)15-49-10-9-34-28(45)21(12-33)37-23(43)13-35-31(48)40-27/h5-8,16,20-22,26-27,31,35,40,42,48H,9-15,33H2,1-4H3,(H,34,45)(H,37,43)(H,38,44)(H,39,46)/t20-,21-,22+,26-,27-,31?/m1/s1. The summed E-state index contributed by atoms with van der Waals surface area (Å²) < 4.78 is 5.39. The van der Waals surface area contributed by atoms with Crippen molar-refractivity contribution in [3.63, 3.8) is 0 Å². The number of aliphatic hydroxyl groups excluding tert-OH is 2. The van der Waals surface area contributed by atoms with Crippen LogP contribution in [0.4, 0.5) is 0 Å². The molecule has 2 aromatic rings. The van der Waals surface area contributed by atoms with Gasteiger partial charge >= 0.3 is 0 Å². The highest BCUT2D eigenvalue weighted by molar-refractivity contribution is 7.13. The zero-order chi connectivity index (χ0) is 36.6. The Labute approximate surface area is 294 Å². The summed E-state index contributed by atoms with van der Waals surface area (Å²) in [6.45, 7) is 5.95. The van der Waals surface area contributed by atoms with Crippen LogP contribution < -0.4 is 37.6 Å². The summed E-state index contributed by atoms with van der Waals surface area (Å²) >= 11 is 1.48. The van der Waals surface area contributed by atoms with E-state index in [1.807, 2.05) is 19.1 Å². The first-order valence-corrected chi connectivity index (χ1v) is 17.2. The molecule has 1 unspecified atom stereocenters. The summed E-state index contributed by atoms with van der Waals surface area (Å²) in [7, 11) is 0. The minimum Gasteiger partial charge on any atom is -0.391 e. The zero-order valence-corrected chi connectivity index (χ0v) is 29.3. The van der Waals surface area contributed by atoms with Crippen LogP contribution >= 0.6 is 11.3 Å². The van der Waals surface area contributed by atoms with E-state index in [-0.39, 0.29) is 32.7 Å². The summed E-state index contributed by atoms with van der Waals surface area (Å²) in [6.07, 6.45) is -3.65. The second-order valence-corrected chi connectivity index (χ2v) is 14.1. The average Bonchev–Trinajstić information content (AvgIpc) is 3.68. The number of ether oxygens (including phenoxy) is 1. The fraction of sp³-hybridized carbons (Fsp3) is 0.562. The van der Waals surface area contributed by atoms with E-state index >= 15 is 0 Å². The van der Waals surface area contributed by atoms with E-state index in [0.717, 1.165) is 16.1 Å². The molecule has 2 saturated heterocycles. The van der Waals surface area contributed by atoms with Crippen LogP contribution in [0.2, 0.25) is 0 Å². The van der Waals surface area contributed by atoms with Gasteiger partial charge in [0.05, 0.1) is 35.3 Å². The molecule has 0 aliphatic carbocycles. The number of aliphatic hydroxyl groups is 2. The number of aromatic nitrogens is 1. The first-order valence-electron chi connectivity index (χ1n) is 16.3. The van der Waals surface area contributed by atoms with E-state index in [2.05, 4.69) is 36.9 Å². The molecule has 274 valence electrons. The molecule has 3 heterocycles. The third-order valence-corrected chi connectivity index (χ3v) is 9.25. The van der Waals surface area contributed by atoms with Crippen LogP contribution in [0.1, 0.15) is 44.6 Å². The smallest absolute Gasteiger partial charge is 0.246 e. The molecule has 50 heavy (non-hydrogen) atoms. The predicted octanol–water partition coefficient (Wildman–Crippen LogP) is -2.23. The predicted molar refractivity (Wildman–Crippen MR) is 183 cm³/mol. The summed E-state index contributed by atoms with van der Waals surface area (Å²) in [6, 6.07) is 3.92. The Hall–Kier alpha value is -4.04. The zero-order valence-electron chi connectivity index (χ0n) is 28.5. The van der Waals surface area contributed by atoms with Crippen LogP contribution in [0.15, 0.2) is 29.8 Å². The molecule has 2 fully saturated rings. The van der Waals surface area contributed by atoms with Crippen molar-refractivity contribution in [2.24, 2.45) is 11.1 Å². The van der Waals surface area contributed by atoms with Gasteiger partial charge in [0.1, 0.15) is 30.9 Å². The highest BCUT2D eigenvalue weighted by atomic mass is 32.1. The Morgan fingerprint density at radius 3 is 2.38 bits per heavy atom. The van der Waals surface area contributed by atoms with E-state index in [0.29, 0.717) is 5.56 Å². The van der Waals surface area contributed by atoms with Crippen LogP contribution in [0.3, 0.4) is 0 Å². The van der Waals surface area contributed by atoms with Gasteiger partial charge in [-0.3, -0.25) is 34.6 Å². The van der Waals surface area contributed by atoms with E-state index in [1.54, 1.807) is 38.4 Å². The lowest BCUT2D eigenvalue weighted by Crippen LogP contribution is -2.59. The Morgan fingerprint density at radius 2 is 1.74 bits per heavy atom. The summed E-state index contributed by atoms with van der Waals surface area (Å²) in [4.78, 5) is 72.5. The largest absolute Gasteiger partial charge is 0.391 e. The Kier molecular flexibility index (Phi) is 13.4. The van der Waals surface area contributed by atoms with Crippen molar-refractivity contribution in [3.05, 3.63) is 41.0 Å². The molecule has 4 rings (SSSR count). The molecule has 0 bridgehead atoms. The third kappa shape index (κ3) is 10.3. The van der Waals surface area contributed by atoms with Gasteiger partial charge in [-0.1, -0.05) is 45.0 Å². The van der Waals surface area contributed by atoms with Crippen molar-refractivity contribution < 1.29 is 38.9 Å². The number of rotatable bonds is 3. The molecule has 2 aliphatic rings. The molecule has 10 N–H and O–H groups in total. The highest BCUT2D eigenvalue weighted by Gasteiger charge is 2.45. The van der Waals surface area contributed by atoms with E-state index in [9.17, 15) is 34.2 Å². The molecule has 0 radical (unpaired) electrons. The molecule has 1 aromatic carbocycles. The second kappa shape index (κ2) is 17.3. The molecule has 17 nitrogen and oxygen atoms in total. The van der Waals surface area contributed by atoms with E-state index in [1.165, 1.54) is 16.2 Å². The van der Waals surface area contributed by atoms with Gasteiger partial charge < -0.3 is 46.9 Å². The average molecular weight is 718 g/mol. The molecule has 18 heteroatoms. The van der Waals surface area contributed by atoms with Gasteiger partial charge in [-0.15, -0.1) is 11.3 Å². The molecular formula is C32H47N9O8S. The van der Waals surface area contributed by atoms with Crippen molar-refractivity contribution in [1.82, 2.24) is 41.8 Å². The van der Waals surface area contributed by atoms with Gasteiger partial charge in [0, 0.05) is 26.1 Å².